The second-order valence-electron chi connectivity index (χ2n) is 6.14. The van der Waals surface area contributed by atoms with E-state index in [1.54, 1.807) is 18.3 Å². The second kappa shape index (κ2) is 8.79. The van der Waals surface area contributed by atoms with Gasteiger partial charge in [-0.15, -0.1) is 0 Å². The van der Waals surface area contributed by atoms with E-state index in [-0.39, 0.29) is 34.7 Å². The lowest BCUT2D eigenvalue weighted by molar-refractivity contribution is 0.0950. The fraction of sp³-hybridized carbons (Fsp3) is 0.333. The molecule has 3 rings (SSSR count). The molecule has 0 bridgehead atoms. The number of nitrogens with zero attached hydrogens (tertiary/aromatic N) is 1. The number of sulfonamides is 1. The Morgan fingerprint density at radius 1 is 1.30 bits per heavy atom. The summed E-state index contributed by atoms with van der Waals surface area (Å²) in [6, 6.07) is 9.54. The Kier molecular flexibility index (Phi) is 6.43. The molecule has 1 aromatic heterocycles. The zero-order valence-electron chi connectivity index (χ0n) is 14.5. The zero-order valence-corrected chi connectivity index (χ0v) is 16.1. The lowest BCUT2D eigenvalue weighted by atomic mass is 10.2. The van der Waals surface area contributed by atoms with Crippen molar-refractivity contribution < 1.29 is 17.9 Å². The minimum atomic E-state index is -3.86. The van der Waals surface area contributed by atoms with Crippen molar-refractivity contribution in [3.63, 3.8) is 0 Å². The number of carbonyl (C=O) groups excluding carboxylic acids is 1. The van der Waals surface area contributed by atoms with Crippen LogP contribution in [0.4, 0.5) is 0 Å². The number of halogens is 1. The second-order valence-corrected chi connectivity index (χ2v) is 8.28. The summed E-state index contributed by atoms with van der Waals surface area (Å²) in [6.45, 7) is 1.05. The molecule has 1 amide bonds. The molecule has 1 fully saturated rings. The van der Waals surface area contributed by atoms with Gasteiger partial charge >= 0.3 is 0 Å². The molecule has 1 saturated heterocycles. The molecule has 7 nitrogen and oxygen atoms in total. The summed E-state index contributed by atoms with van der Waals surface area (Å²) in [4.78, 5) is 16.4. The van der Waals surface area contributed by atoms with Gasteiger partial charge in [-0.3, -0.25) is 9.78 Å². The predicted octanol–water partition coefficient (Wildman–Crippen LogP) is 2.12. The van der Waals surface area contributed by atoms with Gasteiger partial charge < -0.3 is 10.1 Å². The van der Waals surface area contributed by atoms with Crippen LogP contribution in [0, 0.1) is 0 Å². The van der Waals surface area contributed by atoms with Crippen LogP contribution in [0.3, 0.4) is 0 Å². The number of pyridine rings is 1. The van der Waals surface area contributed by atoms with E-state index < -0.39 is 15.9 Å². The monoisotopic (exact) mass is 409 g/mol. The van der Waals surface area contributed by atoms with Gasteiger partial charge in [0.05, 0.1) is 23.4 Å². The standard InChI is InChI=1S/C18H20ClN3O4S/c19-16-7-6-13(18(23)21-11-14-4-1-2-8-20-14)10-17(16)27(24,25)22-12-15-5-3-9-26-15/h1-2,4,6-8,10,15,22H,3,5,9,11-12H2,(H,21,23)/t15-/m0/s1. The Labute approximate surface area is 163 Å². The largest absolute Gasteiger partial charge is 0.377 e. The van der Waals surface area contributed by atoms with Crippen LogP contribution in [0.5, 0.6) is 0 Å². The molecule has 2 N–H and O–H groups in total. The van der Waals surface area contributed by atoms with Crippen molar-refractivity contribution in [2.45, 2.75) is 30.4 Å². The van der Waals surface area contributed by atoms with E-state index in [4.69, 9.17) is 16.3 Å². The highest BCUT2D eigenvalue weighted by Gasteiger charge is 2.23. The van der Waals surface area contributed by atoms with E-state index in [0.29, 0.717) is 12.3 Å². The maximum Gasteiger partial charge on any atom is 0.251 e. The van der Waals surface area contributed by atoms with Crippen LogP contribution in [0.2, 0.25) is 5.02 Å². The highest BCUT2D eigenvalue weighted by atomic mass is 35.5. The van der Waals surface area contributed by atoms with Gasteiger partial charge in [-0.25, -0.2) is 13.1 Å². The van der Waals surface area contributed by atoms with E-state index in [9.17, 15) is 13.2 Å². The van der Waals surface area contributed by atoms with Gasteiger partial charge in [0.2, 0.25) is 10.0 Å². The number of carbonyl (C=O) groups is 1. The first kappa shape index (κ1) is 19.8. The van der Waals surface area contributed by atoms with Crippen LogP contribution >= 0.6 is 11.6 Å². The molecule has 1 aromatic carbocycles. The van der Waals surface area contributed by atoms with E-state index in [2.05, 4.69) is 15.0 Å². The normalized spacial score (nSPS) is 17.0. The number of aromatic nitrogens is 1. The number of rotatable bonds is 7. The van der Waals surface area contributed by atoms with Crippen LogP contribution in [0.15, 0.2) is 47.5 Å². The maximum atomic E-state index is 12.6. The molecule has 144 valence electrons. The fourth-order valence-corrected chi connectivity index (χ4v) is 4.30. The first-order valence-corrected chi connectivity index (χ1v) is 10.4. The SMILES string of the molecule is O=C(NCc1ccccn1)c1ccc(Cl)c(S(=O)(=O)NC[C@@H]2CCCO2)c1. The van der Waals surface area contributed by atoms with Crippen molar-refractivity contribution in [1.29, 1.82) is 0 Å². The molecular formula is C18H20ClN3O4S. The molecule has 1 atom stereocenters. The number of amides is 1. The topological polar surface area (TPSA) is 97.4 Å². The molecule has 0 spiro atoms. The van der Waals surface area contributed by atoms with E-state index in [0.717, 1.165) is 12.8 Å². The van der Waals surface area contributed by atoms with Crippen LogP contribution in [-0.4, -0.2) is 38.6 Å². The minimum absolute atomic E-state index is 0.0520. The Balaban J connectivity index is 1.69. The molecule has 0 aliphatic carbocycles. The highest BCUT2D eigenvalue weighted by molar-refractivity contribution is 7.89. The van der Waals surface area contributed by atoms with Gasteiger partial charge in [0.1, 0.15) is 4.90 Å². The number of nitrogens with one attached hydrogen (secondary N) is 2. The summed E-state index contributed by atoms with van der Waals surface area (Å²) in [7, 11) is -3.86. The molecule has 2 heterocycles. The first-order chi connectivity index (χ1) is 13.0. The summed E-state index contributed by atoms with van der Waals surface area (Å²) in [6.07, 6.45) is 3.22. The van der Waals surface area contributed by atoms with Crippen LogP contribution in [0.25, 0.3) is 0 Å². The van der Waals surface area contributed by atoms with Crippen molar-refractivity contribution in [1.82, 2.24) is 15.0 Å². The minimum Gasteiger partial charge on any atom is -0.377 e. The van der Waals surface area contributed by atoms with Crippen LogP contribution in [0.1, 0.15) is 28.9 Å². The van der Waals surface area contributed by atoms with Crippen molar-refractivity contribution in [2.75, 3.05) is 13.2 Å². The van der Waals surface area contributed by atoms with Gasteiger partial charge in [0.25, 0.3) is 5.91 Å². The van der Waals surface area contributed by atoms with Crippen LogP contribution in [-0.2, 0) is 21.3 Å². The van der Waals surface area contributed by atoms with Gasteiger partial charge in [0.15, 0.2) is 0 Å². The van der Waals surface area contributed by atoms with Gasteiger partial charge in [-0.2, -0.15) is 0 Å². The Hall–Kier alpha value is -2.00. The third-order valence-electron chi connectivity index (χ3n) is 4.16. The smallest absolute Gasteiger partial charge is 0.251 e. The van der Waals surface area contributed by atoms with E-state index in [1.807, 2.05) is 6.07 Å². The summed E-state index contributed by atoms with van der Waals surface area (Å²) in [5.41, 5.74) is 0.902. The number of benzene rings is 1. The molecular weight excluding hydrogens is 390 g/mol. The first-order valence-electron chi connectivity index (χ1n) is 8.54. The Morgan fingerprint density at radius 3 is 2.85 bits per heavy atom. The predicted molar refractivity (Wildman–Crippen MR) is 101 cm³/mol. The molecule has 0 saturated carbocycles. The summed E-state index contributed by atoms with van der Waals surface area (Å²) in [5, 5.41) is 2.76. The van der Waals surface area contributed by atoms with Crippen molar-refractivity contribution in [3.8, 4) is 0 Å². The molecule has 0 unspecified atom stereocenters. The molecule has 9 heteroatoms. The lowest BCUT2D eigenvalue weighted by Gasteiger charge is -2.13. The molecule has 1 aliphatic rings. The quantitative estimate of drug-likeness (QED) is 0.730. The van der Waals surface area contributed by atoms with Gasteiger partial charge in [-0.05, 0) is 43.2 Å². The Morgan fingerprint density at radius 2 is 2.15 bits per heavy atom. The number of hydrogen-bond donors (Lipinski definition) is 2. The lowest BCUT2D eigenvalue weighted by Crippen LogP contribution is -2.32. The summed E-state index contributed by atoms with van der Waals surface area (Å²) >= 11 is 6.06. The molecule has 2 aromatic rings. The number of ether oxygens (including phenoxy) is 1. The van der Waals surface area contributed by atoms with E-state index >= 15 is 0 Å². The fourth-order valence-electron chi connectivity index (χ4n) is 2.71. The van der Waals surface area contributed by atoms with Gasteiger partial charge in [0, 0.05) is 24.9 Å². The van der Waals surface area contributed by atoms with Crippen LogP contribution < -0.4 is 10.0 Å². The summed E-state index contributed by atoms with van der Waals surface area (Å²) in [5.74, 6) is -0.409. The van der Waals surface area contributed by atoms with Crippen molar-refractivity contribution in [3.05, 3.63) is 58.9 Å². The van der Waals surface area contributed by atoms with E-state index in [1.165, 1.54) is 18.2 Å². The third-order valence-corrected chi connectivity index (χ3v) is 6.07. The summed E-state index contributed by atoms with van der Waals surface area (Å²) < 4.78 is 33.1. The molecule has 1 aliphatic heterocycles. The average molecular weight is 410 g/mol. The third kappa shape index (κ3) is 5.26. The van der Waals surface area contributed by atoms with Gasteiger partial charge in [-0.1, -0.05) is 17.7 Å². The van der Waals surface area contributed by atoms with Crippen molar-refractivity contribution >= 4 is 27.5 Å². The molecule has 0 radical (unpaired) electrons. The maximum absolute atomic E-state index is 12.6. The highest BCUT2D eigenvalue weighted by Crippen LogP contribution is 2.23. The van der Waals surface area contributed by atoms with Crippen molar-refractivity contribution in [2.24, 2.45) is 0 Å². The Bertz CT molecular complexity index is 900. The zero-order chi connectivity index (χ0) is 19.3. The number of hydrogen-bond acceptors (Lipinski definition) is 5. The molecule has 27 heavy (non-hydrogen) atoms. The average Bonchev–Trinajstić information content (AvgIpc) is 3.19.